The maximum atomic E-state index is 13.3. The van der Waals surface area contributed by atoms with Gasteiger partial charge in [0.15, 0.2) is 0 Å². The lowest BCUT2D eigenvalue weighted by Gasteiger charge is -2.07. The Morgan fingerprint density at radius 2 is 2.19 bits per heavy atom. The Morgan fingerprint density at radius 3 is 2.81 bits per heavy atom. The van der Waals surface area contributed by atoms with Gasteiger partial charge in [0, 0.05) is 24.5 Å². The number of halogens is 2. The van der Waals surface area contributed by atoms with Gasteiger partial charge < -0.3 is 5.32 Å². The first-order chi connectivity index (χ1) is 7.50. The fraction of sp³-hybridized carbons (Fsp3) is 0.417. The second-order valence-corrected chi connectivity index (χ2v) is 4.23. The predicted molar refractivity (Wildman–Crippen MR) is 63.2 cm³/mol. The van der Waals surface area contributed by atoms with Crippen LogP contribution in [-0.4, -0.2) is 12.3 Å². The zero-order valence-electron chi connectivity index (χ0n) is 9.44. The lowest BCUT2D eigenvalue weighted by Crippen LogP contribution is -2.17. The largest absolute Gasteiger partial charge is 0.312 e. The average Bonchev–Trinajstić information content (AvgIpc) is 2.19. The zero-order valence-corrected chi connectivity index (χ0v) is 10.2. The summed E-state index contributed by atoms with van der Waals surface area (Å²) in [5.74, 6) is -0.124. The molecule has 0 heterocycles. The molecule has 0 aliphatic heterocycles. The van der Waals surface area contributed by atoms with Gasteiger partial charge in [-0.05, 0) is 37.1 Å². The van der Waals surface area contributed by atoms with Crippen molar-refractivity contribution in [2.45, 2.75) is 26.8 Å². The zero-order chi connectivity index (χ0) is 12.1. The van der Waals surface area contributed by atoms with Crippen molar-refractivity contribution in [1.82, 2.24) is 5.32 Å². The van der Waals surface area contributed by atoms with Crippen LogP contribution < -0.4 is 5.32 Å². The standard InChI is InChI=1S/C12H15ClFNO/c1-8-5-11(13)10(6-12(8)14)7-15-4-3-9(2)16/h5-6,15H,3-4,7H2,1-2H3. The van der Waals surface area contributed by atoms with Gasteiger partial charge in [-0.2, -0.15) is 0 Å². The minimum absolute atomic E-state index is 0.133. The molecule has 0 spiro atoms. The quantitative estimate of drug-likeness (QED) is 0.806. The van der Waals surface area contributed by atoms with E-state index in [1.807, 2.05) is 0 Å². The summed E-state index contributed by atoms with van der Waals surface area (Å²) in [5, 5.41) is 3.60. The number of aryl methyl sites for hydroxylation is 1. The van der Waals surface area contributed by atoms with E-state index in [-0.39, 0.29) is 11.6 Å². The highest BCUT2D eigenvalue weighted by molar-refractivity contribution is 6.31. The summed E-state index contributed by atoms with van der Waals surface area (Å²) in [4.78, 5) is 10.7. The van der Waals surface area contributed by atoms with Crippen LogP contribution in [0.15, 0.2) is 12.1 Å². The molecular formula is C12H15ClFNO. The smallest absolute Gasteiger partial charge is 0.131 e. The number of carbonyl (C=O) groups is 1. The van der Waals surface area contributed by atoms with Gasteiger partial charge in [0.1, 0.15) is 11.6 Å². The summed E-state index contributed by atoms with van der Waals surface area (Å²) in [6.07, 6.45) is 0.478. The number of hydrogen-bond acceptors (Lipinski definition) is 2. The highest BCUT2D eigenvalue weighted by atomic mass is 35.5. The van der Waals surface area contributed by atoms with Crippen LogP contribution in [0.2, 0.25) is 5.02 Å². The number of hydrogen-bond donors (Lipinski definition) is 1. The molecule has 2 nitrogen and oxygen atoms in total. The Balaban J connectivity index is 2.54. The highest BCUT2D eigenvalue weighted by Gasteiger charge is 2.05. The molecule has 1 aromatic rings. The SMILES string of the molecule is CC(=O)CCNCc1cc(F)c(C)cc1Cl. The fourth-order valence-corrected chi connectivity index (χ4v) is 1.60. The molecule has 88 valence electrons. The Kier molecular flexibility index (Phi) is 4.90. The van der Waals surface area contributed by atoms with Crippen LogP contribution in [0.3, 0.4) is 0 Å². The van der Waals surface area contributed by atoms with Gasteiger partial charge in [-0.15, -0.1) is 0 Å². The summed E-state index contributed by atoms with van der Waals surface area (Å²) in [6.45, 7) is 4.28. The Bertz CT molecular complexity index is 393. The summed E-state index contributed by atoms with van der Waals surface area (Å²) < 4.78 is 13.3. The van der Waals surface area contributed by atoms with Gasteiger partial charge in [-0.1, -0.05) is 11.6 Å². The minimum atomic E-state index is -0.257. The van der Waals surface area contributed by atoms with E-state index in [2.05, 4.69) is 5.32 Å². The number of carbonyl (C=O) groups excluding carboxylic acids is 1. The first-order valence-corrected chi connectivity index (χ1v) is 5.53. The van der Waals surface area contributed by atoms with Crippen molar-refractivity contribution in [3.05, 3.63) is 34.1 Å². The molecule has 1 rings (SSSR count). The van der Waals surface area contributed by atoms with Gasteiger partial charge in [0.05, 0.1) is 0 Å². The number of benzene rings is 1. The molecule has 0 radical (unpaired) electrons. The molecular weight excluding hydrogens is 229 g/mol. The van der Waals surface area contributed by atoms with Crippen molar-refractivity contribution in [1.29, 1.82) is 0 Å². The first-order valence-electron chi connectivity index (χ1n) is 5.15. The number of nitrogens with one attached hydrogen (secondary N) is 1. The van der Waals surface area contributed by atoms with Gasteiger partial charge >= 0.3 is 0 Å². The first kappa shape index (κ1) is 13.1. The summed E-state index contributed by atoms with van der Waals surface area (Å²) in [6, 6.07) is 3.04. The lowest BCUT2D eigenvalue weighted by atomic mass is 10.1. The Hall–Kier alpha value is -0.930. The summed E-state index contributed by atoms with van der Waals surface area (Å²) in [7, 11) is 0. The van der Waals surface area contributed by atoms with Crippen LogP contribution in [0.4, 0.5) is 4.39 Å². The minimum Gasteiger partial charge on any atom is -0.312 e. The molecule has 0 saturated heterocycles. The maximum Gasteiger partial charge on any atom is 0.131 e. The molecule has 0 fully saturated rings. The molecule has 0 unspecified atom stereocenters. The lowest BCUT2D eigenvalue weighted by molar-refractivity contribution is -0.116. The third-order valence-electron chi connectivity index (χ3n) is 2.30. The molecule has 1 aromatic carbocycles. The van der Waals surface area contributed by atoms with E-state index >= 15 is 0 Å². The van der Waals surface area contributed by atoms with E-state index in [1.54, 1.807) is 19.9 Å². The summed E-state index contributed by atoms with van der Waals surface area (Å²) in [5.41, 5.74) is 1.26. The van der Waals surface area contributed by atoms with Crippen LogP contribution in [0.25, 0.3) is 0 Å². The second-order valence-electron chi connectivity index (χ2n) is 3.82. The van der Waals surface area contributed by atoms with E-state index in [0.717, 1.165) is 0 Å². The third-order valence-corrected chi connectivity index (χ3v) is 2.65. The Labute approximate surface area is 99.8 Å². The van der Waals surface area contributed by atoms with Crippen molar-refractivity contribution < 1.29 is 9.18 Å². The van der Waals surface area contributed by atoms with Crippen LogP contribution in [0.1, 0.15) is 24.5 Å². The molecule has 0 aliphatic rings. The number of rotatable bonds is 5. The normalized spacial score (nSPS) is 10.5. The van der Waals surface area contributed by atoms with Gasteiger partial charge in [-0.3, -0.25) is 4.79 Å². The fourth-order valence-electron chi connectivity index (χ4n) is 1.31. The van der Waals surface area contributed by atoms with Gasteiger partial charge in [-0.25, -0.2) is 4.39 Å². The number of Topliss-reactive ketones (excluding diaryl/α,β-unsaturated/α-hetero) is 1. The Morgan fingerprint density at radius 1 is 1.50 bits per heavy atom. The van der Waals surface area contributed by atoms with Crippen LogP contribution >= 0.6 is 11.6 Å². The van der Waals surface area contributed by atoms with E-state index in [0.29, 0.717) is 35.7 Å². The molecule has 0 bridgehead atoms. The molecule has 0 saturated carbocycles. The third kappa shape index (κ3) is 3.91. The van der Waals surface area contributed by atoms with Crippen molar-refractivity contribution >= 4 is 17.4 Å². The van der Waals surface area contributed by atoms with Crippen molar-refractivity contribution in [3.8, 4) is 0 Å². The van der Waals surface area contributed by atoms with Crippen molar-refractivity contribution in [2.24, 2.45) is 0 Å². The average molecular weight is 244 g/mol. The van der Waals surface area contributed by atoms with E-state index in [1.165, 1.54) is 6.07 Å². The van der Waals surface area contributed by atoms with Gasteiger partial charge in [0.25, 0.3) is 0 Å². The molecule has 0 aromatic heterocycles. The molecule has 0 aliphatic carbocycles. The predicted octanol–water partition coefficient (Wildman–Crippen LogP) is 2.86. The highest BCUT2D eigenvalue weighted by Crippen LogP contribution is 2.20. The monoisotopic (exact) mass is 243 g/mol. The van der Waals surface area contributed by atoms with E-state index in [4.69, 9.17) is 11.6 Å². The topological polar surface area (TPSA) is 29.1 Å². The number of ketones is 1. The molecule has 0 atom stereocenters. The molecule has 4 heteroatoms. The van der Waals surface area contributed by atoms with Crippen molar-refractivity contribution in [2.75, 3.05) is 6.54 Å². The van der Waals surface area contributed by atoms with Crippen LogP contribution in [0.5, 0.6) is 0 Å². The van der Waals surface area contributed by atoms with Crippen LogP contribution in [-0.2, 0) is 11.3 Å². The van der Waals surface area contributed by atoms with Gasteiger partial charge in [0.2, 0.25) is 0 Å². The van der Waals surface area contributed by atoms with E-state index < -0.39 is 0 Å². The van der Waals surface area contributed by atoms with Crippen LogP contribution in [0, 0.1) is 12.7 Å². The van der Waals surface area contributed by atoms with Crippen molar-refractivity contribution in [3.63, 3.8) is 0 Å². The second kappa shape index (κ2) is 5.97. The molecule has 0 amide bonds. The molecule has 16 heavy (non-hydrogen) atoms. The molecule has 1 N–H and O–H groups in total. The maximum absolute atomic E-state index is 13.3. The van der Waals surface area contributed by atoms with E-state index in [9.17, 15) is 9.18 Å². The summed E-state index contributed by atoms with van der Waals surface area (Å²) >= 11 is 5.97.